The summed E-state index contributed by atoms with van der Waals surface area (Å²) in [6.07, 6.45) is 1.93. The van der Waals surface area contributed by atoms with Gasteiger partial charge in [-0.25, -0.2) is 0 Å². The molecule has 1 atom stereocenters. The molecular weight excluding hydrogens is 258 g/mol. The highest BCUT2D eigenvalue weighted by atomic mass is 35.5. The fourth-order valence-electron chi connectivity index (χ4n) is 2.76. The molecule has 1 N–H and O–H groups in total. The third-order valence-corrected chi connectivity index (χ3v) is 3.93. The lowest BCUT2D eigenvalue weighted by molar-refractivity contribution is 0.316. The molecule has 2 aromatic rings. The van der Waals surface area contributed by atoms with E-state index in [1.807, 2.05) is 36.4 Å². The van der Waals surface area contributed by atoms with Crippen LogP contribution in [0, 0.1) is 0 Å². The van der Waals surface area contributed by atoms with Crippen molar-refractivity contribution in [2.45, 2.75) is 18.8 Å². The topological polar surface area (TPSA) is 32.6 Å². The predicted octanol–water partition coefficient (Wildman–Crippen LogP) is 4.25. The van der Waals surface area contributed by atoms with Crippen molar-refractivity contribution in [3.8, 4) is 0 Å². The van der Waals surface area contributed by atoms with Crippen molar-refractivity contribution in [2.75, 3.05) is 0 Å². The van der Waals surface area contributed by atoms with Crippen molar-refractivity contribution in [1.29, 1.82) is 0 Å². The zero-order valence-corrected chi connectivity index (χ0v) is 11.1. The number of rotatable bonds is 1. The van der Waals surface area contributed by atoms with Crippen LogP contribution in [0.1, 0.15) is 29.0 Å². The molecule has 2 aromatic carbocycles. The second kappa shape index (κ2) is 5.06. The fraction of sp³-hybridized carbons (Fsp3) is 0.188. The first-order valence-electron chi connectivity index (χ1n) is 6.35. The van der Waals surface area contributed by atoms with Gasteiger partial charge >= 0.3 is 0 Å². The van der Waals surface area contributed by atoms with E-state index in [-0.39, 0.29) is 5.92 Å². The third kappa shape index (κ3) is 2.24. The van der Waals surface area contributed by atoms with Crippen LogP contribution in [-0.2, 0) is 6.42 Å². The maximum atomic E-state index is 9.41. The summed E-state index contributed by atoms with van der Waals surface area (Å²) < 4.78 is 0. The largest absolute Gasteiger partial charge is 0.411 e. The molecule has 1 aliphatic carbocycles. The van der Waals surface area contributed by atoms with Gasteiger partial charge in [0, 0.05) is 16.5 Å². The number of hydrogen-bond acceptors (Lipinski definition) is 2. The van der Waals surface area contributed by atoms with Crippen molar-refractivity contribution in [3.05, 3.63) is 70.2 Å². The van der Waals surface area contributed by atoms with Gasteiger partial charge in [0.15, 0.2) is 0 Å². The van der Waals surface area contributed by atoms with E-state index in [9.17, 15) is 5.21 Å². The quantitative estimate of drug-likeness (QED) is 0.610. The molecule has 1 aliphatic rings. The summed E-state index contributed by atoms with van der Waals surface area (Å²) in [5.41, 5.74) is 4.07. The van der Waals surface area contributed by atoms with Gasteiger partial charge in [0.1, 0.15) is 0 Å². The van der Waals surface area contributed by atoms with Crippen molar-refractivity contribution in [3.63, 3.8) is 0 Å². The lowest BCUT2D eigenvalue weighted by Gasteiger charge is -2.26. The van der Waals surface area contributed by atoms with Gasteiger partial charge in [-0.05, 0) is 36.1 Å². The molecule has 96 valence electrons. The SMILES string of the molecule is O/N=C1\c2cc(Cl)ccc2CC[C@@H]1c1ccccc1. The van der Waals surface area contributed by atoms with Crippen LogP contribution in [0.4, 0.5) is 0 Å². The van der Waals surface area contributed by atoms with Crippen molar-refractivity contribution in [2.24, 2.45) is 5.16 Å². The first-order valence-corrected chi connectivity index (χ1v) is 6.73. The van der Waals surface area contributed by atoms with Gasteiger partial charge in [0.05, 0.1) is 5.71 Å². The third-order valence-electron chi connectivity index (χ3n) is 3.69. The van der Waals surface area contributed by atoms with Gasteiger partial charge in [-0.3, -0.25) is 0 Å². The van der Waals surface area contributed by atoms with Gasteiger partial charge < -0.3 is 5.21 Å². The van der Waals surface area contributed by atoms with E-state index in [0.29, 0.717) is 5.02 Å². The number of halogens is 1. The first kappa shape index (κ1) is 12.2. The fourth-order valence-corrected chi connectivity index (χ4v) is 2.93. The standard InChI is InChI=1S/C16H14ClNO/c17-13-8-6-12-7-9-14(11-4-2-1-3-5-11)16(18-19)15(12)10-13/h1-6,8,10,14,19H,7,9H2/b18-16-/t14-/m1/s1. The molecule has 0 aliphatic heterocycles. The highest BCUT2D eigenvalue weighted by molar-refractivity contribution is 6.31. The molecule has 0 bridgehead atoms. The van der Waals surface area contributed by atoms with Gasteiger partial charge in [-0.1, -0.05) is 53.2 Å². The van der Waals surface area contributed by atoms with E-state index in [4.69, 9.17) is 11.6 Å². The second-order valence-corrected chi connectivity index (χ2v) is 5.23. The summed E-state index contributed by atoms with van der Waals surface area (Å²) in [4.78, 5) is 0. The van der Waals surface area contributed by atoms with Crippen LogP contribution in [0.2, 0.25) is 5.02 Å². The summed E-state index contributed by atoms with van der Waals surface area (Å²) in [5.74, 6) is 0.136. The van der Waals surface area contributed by atoms with Gasteiger partial charge in [0.25, 0.3) is 0 Å². The van der Waals surface area contributed by atoms with E-state index >= 15 is 0 Å². The molecule has 0 heterocycles. The van der Waals surface area contributed by atoms with Crippen molar-refractivity contribution < 1.29 is 5.21 Å². The number of fused-ring (bicyclic) bond motifs is 1. The summed E-state index contributed by atoms with van der Waals surface area (Å²) in [7, 11) is 0. The van der Waals surface area contributed by atoms with E-state index in [2.05, 4.69) is 17.3 Å². The van der Waals surface area contributed by atoms with E-state index in [1.165, 1.54) is 11.1 Å². The van der Waals surface area contributed by atoms with Crippen LogP contribution in [0.15, 0.2) is 53.7 Å². The zero-order chi connectivity index (χ0) is 13.2. The Balaban J connectivity index is 2.08. The molecule has 2 nitrogen and oxygen atoms in total. The smallest absolute Gasteiger partial charge is 0.0945 e. The van der Waals surface area contributed by atoms with Crippen LogP contribution >= 0.6 is 11.6 Å². The minimum atomic E-state index is 0.136. The molecular formula is C16H14ClNO. The average Bonchev–Trinajstić information content (AvgIpc) is 2.46. The molecule has 0 spiro atoms. The second-order valence-electron chi connectivity index (χ2n) is 4.79. The number of benzene rings is 2. The first-order chi connectivity index (χ1) is 9.29. The Labute approximate surface area is 117 Å². The van der Waals surface area contributed by atoms with Crippen LogP contribution < -0.4 is 0 Å². The highest BCUT2D eigenvalue weighted by Crippen LogP contribution is 2.34. The molecule has 0 unspecified atom stereocenters. The lowest BCUT2D eigenvalue weighted by atomic mass is 9.78. The summed E-state index contributed by atoms with van der Waals surface area (Å²) in [6, 6.07) is 16.0. The predicted molar refractivity (Wildman–Crippen MR) is 77.3 cm³/mol. The Kier molecular flexibility index (Phi) is 3.26. The lowest BCUT2D eigenvalue weighted by Crippen LogP contribution is -2.22. The minimum Gasteiger partial charge on any atom is -0.411 e. The van der Waals surface area contributed by atoms with E-state index in [1.54, 1.807) is 0 Å². The van der Waals surface area contributed by atoms with E-state index < -0.39 is 0 Å². The average molecular weight is 272 g/mol. The Morgan fingerprint density at radius 3 is 2.63 bits per heavy atom. The van der Waals surface area contributed by atoms with Crippen LogP contribution in [0.25, 0.3) is 0 Å². The van der Waals surface area contributed by atoms with Crippen molar-refractivity contribution >= 4 is 17.3 Å². The Hall–Kier alpha value is -1.80. The van der Waals surface area contributed by atoms with Crippen LogP contribution in [0.3, 0.4) is 0 Å². The number of nitrogens with zero attached hydrogens (tertiary/aromatic N) is 1. The molecule has 19 heavy (non-hydrogen) atoms. The molecule has 0 saturated heterocycles. The minimum absolute atomic E-state index is 0.136. The molecule has 0 amide bonds. The Morgan fingerprint density at radius 1 is 1.11 bits per heavy atom. The summed E-state index contributed by atoms with van der Waals surface area (Å²) in [5, 5.41) is 13.6. The van der Waals surface area contributed by atoms with E-state index in [0.717, 1.165) is 24.1 Å². The van der Waals surface area contributed by atoms with Crippen molar-refractivity contribution in [1.82, 2.24) is 0 Å². The normalized spacial score (nSPS) is 20.3. The summed E-state index contributed by atoms with van der Waals surface area (Å²) >= 11 is 6.06. The Bertz CT molecular complexity index is 622. The zero-order valence-electron chi connectivity index (χ0n) is 10.4. The summed E-state index contributed by atoms with van der Waals surface area (Å²) in [6.45, 7) is 0. The maximum absolute atomic E-state index is 9.41. The van der Waals surface area contributed by atoms with Gasteiger partial charge in [-0.2, -0.15) is 0 Å². The van der Waals surface area contributed by atoms with Crippen LogP contribution in [-0.4, -0.2) is 10.9 Å². The number of hydrogen-bond donors (Lipinski definition) is 1. The Morgan fingerprint density at radius 2 is 1.89 bits per heavy atom. The molecule has 0 saturated carbocycles. The number of oxime groups is 1. The number of aryl methyl sites for hydroxylation is 1. The molecule has 0 aromatic heterocycles. The molecule has 0 fully saturated rings. The van der Waals surface area contributed by atoms with Gasteiger partial charge in [0.2, 0.25) is 0 Å². The molecule has 3 heteroatoms. The molecule has 3 rings (SSSR count). The van der Waals surface area contributed by atoms with Gasteiger partial charge in [-0.15, -0.1) is 0 Å². The maximum Gasteiger partial charge on any atom is 0.0945 e. The highest BCUT2D eigenvalue weighted by Gasteiger charge is 2.27. The monoisotopic (exact) mass is 271 g/mol. The van der Waals surface area contributed by atoms with Crippen LogP contribution in [0.5, 0.6) is 0 Å². The molecule has 0 radical (unpaired) electrons.